The summed E-state index contributed by atoms with van der Waals surface area (Å²) >= 11 is 0. The topological polar surface area (TPSA) is 95.9 Å². The molecule has 0 spiro atoms. The third-order valence-electron chi connectivity index (χ3n) is 3.43. The molecule has 3 N–H and O–H groups in total. The number of para-hydroxylation sites is 1. The molecule has 6 heteroatoms. The monoisotopic (exact) mass is 281 g/mol. The molecular formula is C14H19NO5. The van der Waals surface area contributed by atoms with E-state index in [9.17, 15) is 19.8 Å². The highest BCUT2D eigenvalue weighted by Gasteiger charge is 2.37. The molecule has 0 aromatic heterocycles. The lowest BCUT2D eigenvalue weighted by atomic mass is 9.92. The lowest BCUT2D eigenvalue weighted by Gasteiger charge is -2.28. The average molecular weight is 281 g/mol. The minimum absolute atomic E-state index is 0.0168. The maximum atomic E-state index is 12.2. The molecular weight excluding hydrogens is 262 g/mol. The molecule has 110 valence electrons. The van der Waals surface area contributed by atoms with Crippen molar-refractivity contribution in [3.63, 3.8) is 0 Å². The van der Waals surface area contributed by atoms with Gasteiger partial charge in [-0.25, -0.2) is 4.79 Å². The molecule has 0 heterocycles. The molecule has 0 atom stereocenters. The summed E-state index contributed by atoms with van der Waals surface area (Å²) in [5, 5.41) is 21.7. The summed E-state index contributed by atoms with van der Waals surface area (Å²) in [7, 11) is 1.37. The van der Waals surface area contributed by atoms with E-state index in [4.69, 9.17) is 4.74 Å². The van der Waals surface area contributed by atoms with Gasteiger partial charge in [0.1, 0.15) is 5.54 Å². The first-order chi connectivity index (χ1) is 9.41. The molecule has 0 aliphatic heterocycles. The molecule has 0 unspecified atom stereocenters. The van der Waals surface area contributed by atoms with Gasteiger partial charge < -0.3 is 20.3 Å². The molecule has 0 fully saturated rings. The van der Waals surface area contributed by atoms with Crippen molar-refractivity contribution in [2.45, 2.75) is 32.2 Å². The predicted octanol–water partition coefficient (Wildman–Crippen LogP) is 1.77. The van der Waals surface area contributed by atoms with E-state index in [-0.39, 0.29) is 29.9 Å². The van der Waals surface area contributed by atoms with Crippen LogP contribution >= 0.6 is 0 Å². The van der Waals surface area contributed by atoms with Crippen molar-refractivity contribution in [2.24, 2.45) is 0 Å². The number of hydrogen-bond donors (Lipinski definition) is 3. The third-order valence-corrected chi connectivity index (χ3v) is 3.43. The fourth-order valence-electron chi connectivity index (χ4n) is 1.94. The van der Waals surface area contributed by atoms with E-state index in [1.54, 1.807) is 19.9 Å². The molecule has 1 amide bonds. The lowest BCUT2D eigenvalue weighted by molar-refractivity contribution is -0.144. The number of carboxylic acids is 1. The van der Waals surface area contributed by atoms with Crippen molar-refractivity contribution in [3.8, 4) is 11.5 Å². The van der Waals surface area contributed by atoms with Gasteiger partial charge in [0.2, 0.25) is 0 Å². The van der Waals surface area contributed by atoms with E-state index in [1.165, 1.54) is 19.2 Å². The van der Waals surface area contributed by atoms with Gasteiger partial charge in [-0.15, -0.1) is 0 Å². The van der Waals surface area contributed by atoms with Crippen LogP contribution < -0.4 is 10.1 Å². The number of carbonyl (C=O) groups is 2. The number of hydrogen-bond acceptors (Lipinski definition) is 4. The number of methoxy groups -OCH3 is 1. The van der Waals surface area contributed by atoms with Gasteiger partial charge in [0, 0.05) is 0 Å². The van der Waals surface area contributed by atoms with Crippen LogP contribution in [0, 0.1) is 0 Å². The standard InChI is InChI=1S/C14H19NO5/c1-4-14(5-2,13(18)19)15-12(17)9-7-6-8-10(20-3)11(9)16/h6-8,16H,4-5H2,1-3H3,(H,15,17)(H,18,19). The summed E-state index contributed by atoms with van der Waals surface area (Å²) in [5.41, 5.74) is -1.36. The zero-order valence-corrected chi connectivity index (χ0v) is 11.8. The Morgan fingerprint density at radius 1 is 1.30 bits per heavy atom. The van der Waals surface area contributed by atoms with Crippen molar-refractivity contribution >= 4 is 11.9 Å². The average Bonchev–Trinajstić information content (AvgIpc) is 2.44. The molecule has 6 nitrogen and oxygen atoms in total. The van der Waals surface area contributed by atoms with Gasteiger partial charge in [-0.3, -0.25) is 4.79 Å². The fourth-order valence-corrected chi connectivity index (χ4v) is 1.94. The van der Waals surface area contributed by atoms with Crippen LogP contribution in [0.5, 0.6) is 11.5 Å². The van der Waals surface area contributed by atoms with Gasteiger partial charge in [0.05, 0.1) is 12.7 Å². The Hall–Kier alpha value is -2.24. The number of phenols is 1. The summed E-state index contributed by atoms with van der Waals surface area (Å²) < 4.78 is 4.92. The second-order valence-electron chi connectivity index (χ2n) is 4.40. The first-order valence-electron chi connectivity index (χ1n) is 6.33. The number of carboxylic acid groups (broad SMARTS) is 1. The zero-order chi connectivity index (χ0) is 15.3. The van der Waals surface area contributed by atoms with Crippen molar-refractivity contribution < 1.29 is 24.5 Å². The number of amides is 1. The normalized spacial score (nSPS) is 10.9. The quantitative estimate of drug-likeness (QED) is 0.738. The highest BCUT2D eigenvalue weighted by molar-refractivity contribution is 6.00. The summed E-state index contributed by atoms with van der Waals surface area (Å²) in [6.07, 6.45) is 0.491. The number of benzene rings is 1. The van der Waals surface area contributed by atoms with Gasteiger partial charge in [-0.05, 0) is 25.0 Å². The Kier molecular flexibility index (Phi) is 4.96. The summed E-state index contributed by atoms with van der Waals surface area (Å²) in [6, 6.07) is 4.47. The fraction of sp³-hybridized carbons (Fsp3) is 0.429. The van der Waals surface area contributed by atoms with Crippen LogP contribution in [0.4, 0.5) is 0 Å². The van der Waals surface area contributed by atoms with Crippen molar-refractivity contribution in [2.75, 3.05) is 7.11 Å². The second-order valence-corrected chi connectivity index (χ2v) is 4.40. The van der Waals surface area contributed by atoms with Crippen LogP contribution in [0.15, 0.2) is 18.2 Å². The molecule has 1 aromatic rings. The van der Waals surface area contributed by atoms with Crippen LogP contribution in [-0.2, 0) is 4.79 Å². The number of ether oxygens (including phenoxy) is 1. The van der Waals surface area contributed by atoms with Crippen molar-refractivity contribution in [1.82, 2.24) is 5.32 Å². The van der Waals surface area contributed by atoms with E-state index in [1.807, 2.05) is 0 Å². The number of aromatic hydroxyl groups is 1. The Labute approximate surface area is 117 Å². The van der Waals surface area contributed by atoms with Gasteiger partial charge in [0.25, 0.3) is 5.91 Å². The Bertz CT molecular complexity index is 508. The van der Waals surface area contributed by atoms with E-state index in [0.717, 1.165) is 0 Å². The first-order valence-corrected chi connectivity index (χ1v) is 6.33. The molecule has 0 saturated carbocycles. The zero-order valence-electron chi connectivity index (χ0n) is 11.8. The lowest BCUT2D eigenvalue weighted by Crippen LogP contribution is -2.53. The van der Waals surface area contributed by atoms with Crippen LogP contribution in [0.2, 0.25) is 0 Å². The van der Waals surface area contributed by atoms with E-state index < -0.39 is 17.4 Å². The number of nitrogens with one attached hydrogen (secondary N) is 1. The molecule has 0 aliphatic carbocycles. The number of rotatable bonds is 6. The molecule has 20 heavy (non-hydrogen) atoms. The Morgan fingerprint density at radius 3 is 2.35 bits per heavy atom. The van der Waals surface area contributed by atoms with Crippen molar-refractivity contribution in [1.29, 1.82) is 0 Å². The molecule has 0 bridgehead atoms. The van der Waals surface area contributed by atoms with E-state index in [0.29, 0.717) is 0 Å². The van der Waals surface area contributed by atoms with Gasteiger partial charge in [0.15, 0.2) is 11.5 Å². The second kappa shape index (κ2) is 6.27. The number of phenolic OH excluding ortho intramolecular Hbond substituents is 1. The largest absolute Gasteiger partial charge is 0.504 e. The van der Waals surface area contributed by atoms with Crippen LogP contribution in [-0.4, -0.2) is 34.7 Å². The van der Waals surface area contributed by atoms with Gasteiger partial charge in [-0.2, -0.15) is 0 Å². The smallest absolute Gasteiger partial charge is 0.329 e. The Balaban J connectivity index is 3.10. The van der Waals surface area contributed by atoms with E-state index in [2.05, 4.69) is 5.32 Å². The number of carbonyl (C=O) groups excluding carboxylic acids is 1. The first kappa shape index (κ1) is 15.8. The summed E-state index contributed by atoms with van der Waals surface area (Å²) in [4.78, 5) is 23.5. The molecule has 0 radical (unpaired) electrons. The minimum atomic E-state index is -1.34. The predicted molar refractivity (Wildman–Crippen MR) is 73.1 cm³/mol. The van der Waals surface area contributed by atoms with Crippen LogP contribution in [0.1, 0.15) is 37.0 Å². The minimum Gasteiger partial charge on any atom is -0.504 e. The third kappa shape index (κ3) is 2.84. The molecule has 0 saturated heterocycles. The maximum absolute atomic E-state index is 12.2. The SMILES string of the molecule is CCC(CC)(NC(=O)c1cccc(OC)c1O)C(=O)O. The van der Waals surface area contributed by atoms with Crippen molar-refractivity contribution in [3.05, 3.63) is 23.8 Å². The highest BCUT2D eigenvalue weighted by atomic mass is 16.5. The maximum Gasteiger partial charge on any atom is 0.329 e. The molecule has 1 aromatic carbocycles. The van der Waals surface area contributed by atoms with E-state index >= 15 is 0 Å². The van der Waals surface area contributed by atoms with Gasteiger partial charge in [-0.1, -0.05) is 19.9 Å². The summed E-state index contributed by atoms with van der Waals surface area (Å²) in [6.45, 7) is 3.37. The Morgan fingerprint density at radius 2 is 1.90 bits per heavy atom. The van der Waals surface area contributed by atoms with Crippen LogP contribution in [0.25, 0.3) is 0 Å². The van der Waals surface area contributed by atoms with Gasteiger partial charge >= 0.3 is 5.97 Å². The number of aliphatic carboxylic acids is 1. The molecule has 0 aliphatic rings. The summed E-state index contributed by atoms with van der Waals surface area (Å²) in [5.74, 6) is -1.89. The highest BCUT2D eigenvalue weighted by Crippen LogP contribution is 2.30. The van der Waals surface area contributed by atoms with Crippen LogP contribution in [0.3, 0.4) is 0 Å². The molecule has 1 rings (SSSR count).